The summed E-state index contributed by atoms with van der Waals surface area (Å²) in [5.41, 5.74) is 3.97. The first-order valence-electron chi connectivity index (χ1n) is 11.3. The van der Waals surface area contributed by atoms with Gasteiger partial charge in [0.2, 0.25) is 0 Å². The van der Waals surface area contributed by atoms with E-state index in [1.807, 2.05) is 66.7 Å². The lowest BCUT2D eigenvalue weighted by Crippen LogP contribution is -2.27. The lowest BCUT2D eigenvalue weighted by atomic mass is 10.1. The van der Waals surface area contributed by atoms with Gasteiger partial charge in [-0.2, -0.15) is 0 Å². The van der Waals surface area contributed by atoms with Crippen molar-refractivity contribution in [3.63, 3.8) is 0 Å². The van der Waals surface area contributed by atoms with Crippen LogP contribution in [0.1, 0.15) is 23.1 Å². The molecule has 0 N–H and O–H groups in total. The number of para-hydroxylation sites is 1. The molecule has 1 aliphatic rings. The maximum Gasteiger partial charge on any atom is 0.270 e. The van der Waals surface area contributed by atoms with Crippen LogP contribution in [0.2, 0.25) is 0 Å². The summed E-state index contributed by atoms with van der Waals surface area (Å²) in [6.45, 7) is 5.18. The third-order valence-electron chi connectivity index (χ3n) is 5.30. The van der Waals surface area contributed by atoms with Crippen LogP contribution >= 0.6 is 24.0 Å². The summed E-state index contributed by atoms with van der Waals surface area (Å²) < 4.78 is 17.8. The topological polar surface area (TPSA) is 48.0 Å². The minimum atomic E-state index is -0.130. The zero-order valence-electron chi connectivity index (χ0n) is 19.9. The molecule has 7 heteroatoms. The molecule has 4 rings (SSSR count). The van der Waals surface area contributed by atoms with Crippen molar-refractivity contribution in [2.24, 2.45) is 0 Å². The van der Waals surface area contributed by atoms with Gasteiger partial charge in [0.25, 0.3) is 5.91 Å². The van der Waals surface area contributed by atoms with E-state index in [0.29, 0.717) is 33.9 Å². The number of amides is 1. The van der Waals surface area contributed by atoms with Crippen LogP contribution < -0.4 is 19.1 Å². The molecule has 0 atom stereocenters. The van der Waals surface area contributed by atoms with Crippen molar-refractivity contribution >= 4 is 46.0 Å². The van der Waals surface area contributed by atoms with Gasteiger partial charge in [-0.15, -0.1) is 0 Å². The van der Waals surface area contributed by atoms with Gasteiger partial charge < -0.3 is 14.2 Å². The number of methoxy groups -OCH3 is 1. The van der Waals surface area contributed by atoms with E-state index in [-0.39, 0.29) is 5.91 Å². The van der Waals surface area contributed by atoms with Crippen LogP contribution in [0.15, 0.2) is 71.6 Å². The molecule has 0 radical (unpaired) electrons. The highest BCUT2D eigenvalue weighted by Crippen LogP contribution is 2.37. The number of benzene rings is 3. The van der Waals surface area contributed by atoms with E-state index in [4.69, 9.17) is 26.4 Å². The third kappa shape index (κ3) is 6.24. The monoisotopic (exact) mass is 505 g/mol. The zero-order chi connectivity index (χ0) is 24.8. The Morgan fingerprint density at radius 1 is 0.914 bits per heavy atom. The molecule has 3 aromatic rings. The number of hydrogen-bond acceptors (Lipinski definition) is 6. The van der Waals surface area contributed by atoms with E-state index in [1.54, 1.807) is 12.0 Å². The molecule has 0 spiro atoms. The number of anilines is 1. The molecule has 3 aromatic carbocycles. The fraction of sp³-hybridized carbons (Fsp3) is 0.214. The second kappa shape index (κ2) is 11.4. The highest BCUT2D eigenvalue weighted by molar-refractivity contribution is 8.27. The van der Waals surface area contributed by atoms with E-state index in [9.17, 15) is 4.79 Å². The maximum absolute atomic E-state index is 13.0. The van der Waals surface area contributed by atoms with Crippen LogP contribution in [0.25, 0.3) is 6.08 Å². The molecule has 0 saturated carbocycles. The number of ether oxygens (including phenoxy) is 3. The molecular weight excluding hydrogens is 478 g/mol. The molecular formula is C28H27NO4S2. The summed E-state index contributed by atoms with van der Waals surface area (Å²) >= 11 is 6.74. The summed E-state index contributed by atoms with van der Waals surface area (Å²) in [5.74, 6) is 2.00. The molecule has 0 unspecified atom stereocenters. The number of thioether (sulfide) groups is 1. The van der Waals surface area contributed by atoms with Gasteiger partial charge in [0.05, 0.1) is 30.9 Å². The second-order valence-corrected chi connectivity index (χ2v) is 9.81. The summed E-state index contributed by atoms with van der Waals surface area (Å²) in [6.07, 6.45) is 2.56. The molecule has 1 amide bonds. The molecule has 0 bridgehead atoms. The minimum Gasteiger partial charge on any atom is -0.493 e. The van der Waals surface area contributed by atoms with Crippen molar-refractivity contribution in [2.75, 3.05) is 25.2 Å². The van der Waals surface area contributed by atoms with Crippen molar-refractivity contribution in [1.29, 1.82) is 0 Å². The Morgan fingerprint density at radius 3 is 2.34 bits per heavy atom. The molecule has 0 aromatic heterocycles. The molecule has 0 aliphatic carbocycles. The fourth-order valence-corrected chi connectivity index (χ4v) is 5.06. The normalized spacial score (nSPS) is 14.5. The van der Waals surface area contributed by atoms with Crippen LogP contribution in [0.4, 0.5) is 5.69 Å². The van der Waals surface area contributed by atoms with Crippen molar-refractivity contribution in [2.45, 2.75) is 20.3 Å². The highest BCUT2D eigenvalue weighted by Gasteiger charge is 2.33. The first kappa shape index (κ1) is 24.8. The van der Waals surface area contributed by atoms with Gasteiger partial charge in [0.15, 0.2) is 15.8 Å². The van der Waals surface area contributed by atoms with E-state index in [1.165, 1.54) is 22.9 Å². The van der Waals surface area contributed by atoms with Gasteiger partial charge in [0, 0.05) is 6.42 Å². The number of thiocarbonyl (C=S) groups is 1. The Labute approximate surface area is 215 Å². The number of nitrogens with zero attached hydrogens (tertiary/aromatic N) is 1. The number of aryl methyl sites for hydroxylation is 2. The van der Waals surface area contributed by atoms with Crippen LogP contribution in [-0.2, 0) is 4.79 Å². The van der Waals surface area contributed by atoms with E-state index < -0.39 is 0 Å². The largest absolute Gasteiger partial charge is 0.493 e. The van der Waals surface area contributed by atoms with E-state index in [0.717, 1.165) is 23.4 Å². The summed E-state index contributed by atoms with van der Waals surface area (Å²) in [4.78, 5) is 15.1. The standard InChI is InChI=1S/C28H27NO4S2/c1-19-14-20(2)16-23(15-19)32-12-7-13-33-24-11-10-21(17-25(24)31-3)18-26-27(30)29(28(34)35-26)22-8-5-4-6-9-22/h4-6,8-11,14-18H,7,12-13H2,1-3H3. The van der Waals surface area contributed by atoms with E-state index in [2.05, 4.69) is 19.9 Å². The predicted molar refractivity (Wildman–Crippen MR) is 147 cm³/mol. The average molecular weight is 506 g/mol. The second-order valence-electron chi connectivity index (χ2n) is 8.14. The molecule has 1 aliphatic heterocycles. The lowest BCUT2D eigenvalue weighted by molar-refractivity contribution is -0.113. The van der Waals surface area contributed by atoms with Gasteiger partial charge in [-0.05, 0) is 73.0 Å². The van der Waals surface area contributed by atoms with Gasteiger partial charge in [0.1, 0.15) is 5.75 Å². The van der Waals surface area contributed by atoms with Gasteiger partial charge >= 0.3 is 0 Å². The first-order valence-corrected chi connectivity index (χ1v) is 12.5. The number of carbonyl (C=O) groups is 1. The number of hydrogen-bond donors (Lipinski definition) is 0. The van der Waals surface area contributed by atoms with Crippen LogP contribution in [0, 0.1) is 13.8 Å². The summed E-state index contributed by atoms with van der Waals surface area (Å²) in [5, 5.41) is 0. The van der Waals surface area contributed by atoms with Crippen LogP contribution in [-0.4, -0.2) is 30.6 Å². The molecule has 1 saturated heterocycles. The van der Waals surface area contributed by atoms with Crippen molar-refractivity contribution in [1.82, 2.24) is 0 Å². The van der Waals surface area contributed by atoms with Gasteiger partial charge in [-0.3, -0.25) is 9.69 Å². The zero-order valence-corrected chi connectivity index (χ0v) is 21.6. The van der Waals surface area contributed by atoms with Crippen molar-refractivity contribution in [3.8, 4) is 17.2 Å². The lowest BCUT2D eigenvalue weighted by Gasteiger charge is -2.14. The van der Waals surface area contributed by atoms with Gasteiger partial charge in [-0.1, -0.05) is 54.3 Å². The van der Waals surface area contributed by atoms with Gasteiger partial charge in [-0.25, -0.2) is 0 Å². The Hall–Kier alpha value is -3.29. The number of rotatable bonds is 9. The first-order chi connectivity index (χ1) is 16.9. The molecule has 35 heavy (non-hydrogen) atoms. The average Bonchev–Trinajstić information content (AvgIpc) is 3.11. The Balaban J connectivity index is 1.36. The predicted octanol–water partition coefficient (Wildman–Crippen LogP) is 6.57. The minimum absolute atomic E-state index is 0.130. The smallest absolute Gasteiger partial charge is 0.270 e. The quantitative estimate of drug-likeness (QED) is 0.186. The maximum atomic E-state index is 13.0. The Kier molecular flexibility index (Phi) is 8.10. The third-order valence-corrected chi connectivity index (χ3v) is 6.61. The summed E-state index contributed by atoms with van der Waals surface area (Å²) in [6, 6.07) is 21.2. The summed E-state index contributed by atoms with van der Waals surface area (Å²) in [7, 11) is 1.60. The Bertz CT molecular complexity index is 1240. The van der Waals surface area contributed by atoms with Crippen LogP contribution in [0.3, 0.4) is 0 Å². The van der Waals surface area contributed by atoms with Crippen LogP contribution in [0.5, 0.6) is 17.2 Å². The fourth-order valence-electron chi connectivity index (χ4n) is 3.76. The molecule has 1 heterocycles. The molecule has 180 valence electrons. The molecule has 1 fully saturated rings. The SMILES string of the molecule is COc1cc(C=C2SC(=S)N(c3ccccc3)C2=O)ccc1OCCCOc1cc(C)cc(C)c1. The van der Waals surface area contributed by atoms with Crippen molar-refractivity contribution < 1.29 is 19.0 Å². The number of carbonyl (C=O) groups excluding carboxylic acids is 1. The van der Waals surface area contributed by atoms with E-state index >= 15 is 0 Å². The highest BCUT2D eigenvalue weighted by atomic mass is 32.2. The Morgan fingerprint density at radius 2 is 1.63 bits per heavy atom. The molecule has 5 nitrogen and oxygen atoms in total. The van der Waals surface area contributed by atoms with Crippen molar-refractivity contribution in [3.05, 3.63) is 88.3 Å².